The van der Waals surface area contributed by atoms with Gasteiger partial charge in [-0.2, -0.15) is 0 Å². The fourth-order valence-corrected chi connectivity index (χ4v) is 4.34. The third-order valence-electron chi connectivity index (χ3n) is 5.92. The molecular weight excluding hydrogens is 224 g/mol. The number of hydrogen-bond acceptors (Lipinski definition) is 2. The molecular formula is C15H28N2O. The van der Waals surface area contributed by atoms with E-state index in [1.54, 1.807) is 0 Å². The average Bonchev–Trinajstić information content (AvgIpc) is 2.36. The van der Waals surface area contributed by atoms with E-state index in [4.69, 9.17) is 5.73 Å². The monoisotopic (exact) mass is 252 g/mol. The summed E-state index contributed by atoms with van der Waals surface area (Å²) in [6.45, 7) is 5.60. The van der Waals surface area contributed by atoms with Crippen molar-refractivity contribution in [2.24, 2.45) is 23.5 Å². The molecule has 0 bridgehead atoms. The zero-order chi connectivity index (χ0) is 13.3. The number of carbonyl (C=O) groups excluding carboxylic acids is 1. The second kappa shape index (κ2) is 5.20. The second-order valence-corrected chi connectivity index (χ2v) is 6.57. The highest BCUT2D eigenvalue weighted by atomic mass is 16.1. The van der Waals surface area contributed by atoms with Gasteiger partial charge in [0.05, 0.1) is 0 Å². The number of carbonyl (C=O) groups is 1. The third kappa shape index (κ3) is 2.18. The highest BCUT2D eigenvalue weighted by Crippen LogP contribution is 2.46. The van der Waals surface area contributed by atoms with Crippen molar-refractivity contribution in [3.8, 4) is 0 Å². The molecule has 2 fully saturated rings. The maximum Gasteiger partial charge on any atom is 0.220 e. The lowest BCUT2D eigenvalue weighted by Gasteiger charge is -2.55. The van der Waals surface area contributed by atoms with E-state index in [2.05, 4.69) is 25.8 Å². The Bertz CT molecular complexity index is 312. The molecule has 18 heavy (non-hydrogen) atoms. The van der Waals surface area contributed by atoms with E-state index in [9.17, 15) is 4.79 Å². The van der Waals surface area contributed by atoms with E-state index in [0.29, 0.717) is 5.92 Å². The van der Waals surface area contributed by atoms with E-state index >= 15 is 0 Å². The Hall–Kier alpha value is -0.570. The normalized spacial score (nSPS) is 39.7. The summed E-state index contributed by atoms with van der Waals surface area (Å²) in [5.41, 5.74) is 5.75. The number of nitrogens with two attached hydrogens (primary N) is 1. The third-order valence-corrected chi connectivity index (χ3v) is 5.92. The summed E-state index contributed by atoms with van der Waals surface area (Å²) in [5, 5.41) is 0. The number of rotatable bonds is 2. The minimum absolute atomic E-state index is 0.0631. The van der Waals surface area contributed by atoms with Gasteiger partial charge in [-0.1, -0.05) is 26.2 Å². The van der Waals surface area contributed by atoms with Gasteiger partial charge >= 0.3 is 0 Å². The Balaban J connectivity index is 2.22. The van der Waals surface area contributed by atoms with Crippen LogP contribution in [0.5, 0.6) is 0 Å². The molecule has 0 aromatic rings. The van der Waals surface area contributed by atoms with Crippen LogP contribution in [0, 0.1) is 17.8 Å². The lowest BCUT2D eigenvalue weighted by atomic mass is 9.62. The molecule has 3 unspecified atom stereocenters. The zero-order valence-electron chi connectivity index (χ0n) is 12.1. The fourth-order valence-electron chi connectivity index (χ4n) is 4.34. The zero-order valence-corrected chi connectivity index (χ0v) is 12.1. The van der Waals surface area contributed by atoms with Crippen molar-refractivity contribution >= 4 is 5.91 Å². The highest BCUT2D eigenvalue weighted by molar-refractivity contribution is 5.77. The summed E-state index contributed by atoms with van der Waals surface area (Å²) in [6, 6.07) is 0. The number of piperidine rings is 1. The molecule has 1 heterocycles. The van der Waals surface area contributed by atoms with Gasteiger partial charge in [0.15, 0.2) is 0 Å². The predicted molar refractivity (Wildman–Crippen MR) is 74.1 cm³/mol. The minimum atomic E-state index is -0.0994. The van der Waals surface area contributed by atoms with Crippen LogP contribution in [0.15, 0.2) is 0 Å². The fraction of sp³-hybridized carbons (Fsp3) is 0.933. The highest BCUT2D eigenvalue weighted by Gasteiger charge is 2.49. The van der Waals surface area contributed by atoms with Crippen molar-refractivity contribution < 1.29 is 4.79 Å². The lowest BCUT2D eigenvalue weighted by Crippen LogP contribution is -2.61. The van der Waals surface area contributed by atoms with Crippen molar-refractivity contribution in [2.75, 3.05) is 13.6 Å². The molecule has 3 nitrogen and oxygen atoms in total. The molecule has 0 aromatic carbocycles. The van der Waals surface area contributed by atoms with Crippen LogP contribution in [0.2, 0.25) is 0 Å². The summed E-state index contributed by atoms with van der Waals surface area (Å²) in [7, 11) is 2.22. The van der Waals surface area contributed by atoms with Crippen LogP contribution < -0.4 is 5.73 Å². The Morgan fingerprint density at radius 1 is 1.22 bits per heavy atom. The van der Waals surface area contributed by atoms with Gasteiger partial charge in [-0.05, 0) is 51.6 Å². The van der Waals surface area contributed by atoms with Crippen molar-refractivity contribution in [1.29, 1.82) is 0 Å². The summed E-state index contributed by atoms with van der Waals surface area (Å²) < 4.78 is 0. The number of amides is 1. The van der Waals surface area contributed by atoms with Gasteiger partial charge in [-0.3, -0.25) is 4.79 Å². The van der Waals surface area contributed by atoms with Gasteiger partial charge in [-0.25, -0.2) is 0 Å². The van der Waals surface area contributed by atoms with Crippen LogP contribution >= 0.6 is 0 Å². The summed E-state index contributed by atoms with van der Waals surface area (Å²) >= 11 is 0. The van der Waals surface area contributed by atoms with Gasteiger partial charge < -0.3 is 10.6 Å². The molecule has 1 saturated carbocycles. The standard InChI is InChI=1S/C15H28N2O/c1-11-13(14(16)18)9-10-17(3)15(11,2)12-7-5-4-6-8-12/h11-13H,4-10H2,1-3H3,(H2,16,18). The molecule has 1 aliphatic heterocycles. The average molecular weight is 252 g/mol. The Morgan fingerprint density at radius 3 is 2.39 bits per heavy atom. The molecule has 3 atom stereocenters. The van der Waals surface area contributed by atoms with Crippen LogP contribution in [0.3, 0.4) is 0 Å². The smallest absolute Gasteiger partial charge is 0.220 e. The first kappa shape index (κ1) is 13.9. The van der Waals surface area contributed by atoms with Crippen molar-refractivity contribution in [1.82, 2.24) is 4.90 Å². The van der Waals surface area contributed by atoms with Gasteiger partial charge in [0.25, 0.3) is 0 Å². The van der Waals surface area contributed by atoms with E-state index < -0.39 is 0 Å². The molecule has 3 heteroatoms. The topological polar surface area (TPSA) is 46.3 Å². The Kier molecular flexibility index (Phi) is 4.00. The van der Waals surface area contributed by atoms with Crippen LogP contribution in [0.1, 0.15) is 52.4 Å². The maximum atomic E-state index is 11.6. The predicted octanol–water partition coefficient (Wildman–Crippen LogP) is 2.40. The molecule has 1 amide bonds. The lowest BCUT2D eigenvalue weighted by molar-refractivity contribution is -0.131. The van der Waals surface area contributed by atoms with E-state index in [1.165, 1.54) is 32.1 Å². The SMILES string of the molecule is CC1C(C(N)=O)CCN(C)C1(C)C1CCCCC1. The van der Waals surface area contributed by atoms with E-state index in [1.807, 2.05) is 0 Å². The number of nitrogens with zero attached hydrogens (tertiary/aromatic N) is 1. The van der Waals surface area contributed by atoms with Crippen LogP contribution in [0.4, 0.5) is 0 Å². The van der Waals surface area contributed by atoms with Crippen molar-refractivity contribution in [3.63, 3.8) is 0 Å². The molecule has 1 saturated heterocycles. The molecule has 2 N–H and O–H groups in total. The number of hydrogen-bond donors (Lipinski definition) is 1. The summed E-state index contributed by atoms with van der Waals surface area (Å²) in [5.74, 6) is 1.07. The number of likely N-dealkylation sites (tertiary alicyclic amines) is 1. The quantitative estimate of drug-likeness (QED) is 0.820. The van der Waals surface area contributed by atoms with Gasteiger partial charge in [0.1, 0.15) is 0 Å². The molecule has 0 aromatic heterocycles. The molecule has 1 aliphatic carbocycles. The van der Waals surface area contributed by atoms with Crippen LogP contribution in [-0.4, -0.2) is 29.9 Å². The number of primary amides is 1. The van der Waals surface area contributed by atoms with E-state index in [-0.39, 0.29) is 17.4 Å². The molecule has 0 spiro atoms. The van der Waals surface area contributed by atoms with Crippen LogP contribution in [-0.2, 0) is 4.79 Å². The van der Waals surface area contributed by atoms with Gasteiger partial charge in [0.2, 0.25) is 5.91 Å². The largest absolute Gasteiger partial charge is 0.369 e. The first-order valence-electron chi connectivity index (χ1n) is 7.48. The Labute approximate surface area is 111 Å². The molecule has 2 aliphatic rings. The molecule has 0 radical (unpaired) electrons. The van der Waals surface area contributed by atoms with Crippen molar-refractivity contribution in [3.05, 3.63) is 0 Å². The van der Waals surface area contributed by atoms with Crippen molar-refractivity contribution in [2.45, 2.75) is 57.9 Å². The second-order valence-electron chi connectivity index (χ2n) is 6.57. The first-order valence-corrected chi connectivity index (χ1v) is 7.48. The van der Waals surface area contributed by atoms with Crippen LogP contribution in [0.25, 0.3) is 0 Å². The van der Waals surface area contributed by atoms with Gasteiger partial charge in [-0.15, -0.1) is 0 Å². The summed E-state index contributed by atoms with van der Waals surface area (Å²) in [6.07, 6.45) is 7.64. The Morgan fingerprint density at radius 2 is 1.83 bits per heavy atom. The first-order chi connectivity index (χ1) is 8.48. The van der Waals surface area contributed by atoms with Gasteiger partial charge in [0, 0.05) is 11.5 Å². The molecule has 104 valence electrons. The maximum absolute atomic E-state index is 11.6. The molecule has 2 rings (SSSR count). The summed E-state index contributed by atoms with van der Waals surface area (Å²) in [4.78, 5) is 14.1. The van der Waals surface area contributed by atoms with E-state index in [0.717, 1.165) is 18.9 Å². The minimum Gasteiger partial charge on any atom is -0.369 e.